The molecule has 1 aliphatic rings. The van der Waals surface area contributed by atoms with E-state index >= 15 is 0 Å². The lowest BCUT2D eigenvalue weighted by Crippen LogP contribution is -2.36. The van der Waals surface area contributed by atoms with E-state index in [1.807, 2.05) is 11.3 Å². The maximum absolute atomic E-state index is 3.63. The number of likely N-dealkylation sites (N-methyl/N-ethyl adjacent to an activating group) is 1. The number of thiophene rings is 1. The van der Waals surface area contributed by atoms with Gasteiger partial charge in [0.05, 0.1) is 0 Å². The Kier molecular flexibility index (Phi) is 3.60. The molecule has 0 saturated heterocycles. The van der Waals surface area contributed by atoms with Gasteiger partial charge < -0.3 is 5.32 Å². The molecule has 0 bridgehead atoms. The first-order valence-electron chi connectivity index (χ1n) is 5.67. The van der Waals surface area contributed by atoms with Crippen molar-refractivity contribution in [2.24, 2.45) is 0 Å². The lowest BCUT2D eigenvalue weighted by Gasteiger charge is -2.31. The summed E-state index contributed by atoms with van der Waals surface area (Å²) in [5.41, 5.74) is 1.56. The molecule has 0 amide bonds. The summed E-state index contributed by atoms with van der Waals surface area (Å²) < 4.78 is 0. The lowest BCUT2D eigenvalue weighted by atomic mass is 9.81. The summed E-state index contributed by atoms with van der Waals surface area (Å²) in [7, 11) is 0. The van der Waals surface area contributed by atoms with E-state index in [4.69, 9.17) is 0 Å². The third-order valence-corrected chi connectivity index (χ3v) is 3.91. The van der Waals surface area contributed by atoms with Gasteiger partial charge in [0.1, 0.15) is 0 Å². The highest BCUT2D eigenvalue weighted by Crippen LogP contribution is 2.33. The van der Waals surface area contributed by atoms with Gasteiger partial charge in [-0.15, -0.1) is 0 Å². The first kappa shape index (κ1) is 10.2. The van der Waals surface area contributed by atoms with E-state index in [0.29, 0.717) is 0 Å². The zero-order chi connectivity index (χ0) is 9.80. The second-order valence-electron chi connectivity index (χ2n) is 4.11. The highest BCUT2D eigenvalue weighted by Gasteiger charge is 2.25. The molecular weight excluding hydrogens is 190 g/mol. The van der Waals surface area contributed by atoms with Crippen molar-refractivity contribution in [2.45, 2.75) is 44.6 Å². The molecule has 1 aromatic rings. The largest absolute Gasteiger partial charge is 0.314 e. The monoisotopic (exact) mass is 209 g/mol. The van der Waals surface area contributed by atoms with Gasteiger partial charge in [0.25, 0.3) is 0 Å². The number of rotatable bonds is 3. The minimum atomic E-state index is 0.725. The molecule has 0 radical (unpaired) electrons. The predicted molar refractivity (Wildman–Crippen MR) is 63.0 cm³/mol. The van der Waals surface area contributed by atoms with Crippen LogP contribution in [-0.2, 0) is 0 Å². The van der Waals surface area contributed by atoms with Gasteiger partial charge in [0.2, 0.25) is 0 Å². The summed E-state index contributed by atoms with van der Waals surface area (Å²) in [4.78, 5) is 0. The Morgan fingerprint density at radius 3 is 3.00 bits per heavy atom. The first-order valence-corrected chi connectivity index (χ1v) is 6.61. The summed E-state index contributed by atoms with van der Waals surface area (Å²) in [6.45, 7) is 3.31. The molecule has 14 heavy (non-hydrogen) atoms. The summed E-state index contributed by atoms with van der Waals surface area (Å²) in [6, 6.07) is 3.02. The quantitative estimate of drug-likeness (QED) is 0.804. The third kappa shape index (κ3) is 2.18. The Balaban J connectivity index is 2.06. The second-order valence-corrected chi connectivity index (χ2v) is 4.89. The molecular formula is C12H19NS. The number of hydrogen-bond acceptors (Lipinski definition) is 2. The Bertz CT molecular complexity index is 253. The van der Waals surface area contributed by atoms with Crippen LogP contribution in [0.3, 0.4) is 0 Å². The van der Waals surface area contributed by atoms with Crippen LogP contribution in [0, 0.1) is 0 Å². The maximum Gasteiger partial charge on any atom is 0.0136 e. The van der Waals surface area contributed by atoms with Crippen molar-refractivity contribution < 1.29 is 0 Å². The van der Waals surface area contributed by atoms with Crippen molar-refractivity contribution in [3.63, 3.8) is 0 Å². The molecule has 1 heterocycles. The number of hydrogen-bond donors (Lipinski definition) is 1. The first-order chi connectivity index (χ1) is 6.92. The van der Waals surface area contributed by atoms with Crippen LogP contribution in [-0.4, -0.2) is 12.6 Å². The predicted octanol–water partition coefficient (Wildman–Crippen LogP) is 3.38. The molecule has 1 nitrogen and oxygen atoms in total. The van der Waals surface area contributed by atoms with Crippen molar-refractivity contribution in [3.8, 4) is 0 Å². The van der Waals surface area contributed by atoms with E-state index in [0.717, 1.165) is 18.5 Å². The lowest BCUT2D eigenvalue weighted by molar-refractivity contribution is 0.333. The fraction of sp³-hybridized carbons (Fsp3) is 0.667. The van der Waals surface area contributed by atoms with Gasteiger partial charge in [0, 0.05) is 12.0 Å². The van der Waals surface area contributed by atoms with Crippen molar-refractivity contribution in [1.29, 1.82) is 0 Å². The standard InChI is InChI=1S/C12H19NS/c1-2-13-12-6-4-3-5-11(12)10-7-8-14-9-10/h7-9,11-13H,2-6H2,1H3. The fourth-order valence-corrected chi connectivity index (χ4v) is 3.25. The molecule has 78 valence electrons. The van der Waals surface area contributed by atoms with Crippen LogP contribution in [0.15, 0.2) is 16.8 Å². The smallest absolute Gasteiger partial charge is 0.0136 e. The van der Waals surface area contributed by atoms with Gasteiger partial charge in [0.15, 0.2) is 0 Å². The average Bonchev–Trinajstić information content (AvgIpc) is 2.72. The maximum atomic E-state index is 3.63. The van der Waals surface area contributed by atoms with E-state index < -0.39 is 0 Å². The molecule has 2 atom stereocenters. The van der Waals surface area contributed by atoms with Gasteiger partial charge in [-0.2, -0.15) is 11.3 Å². The number of nitrogens with one attached hydrogen (secondary N) is 1. The Hall–Kier alpha value is -0.340. The summed E-state index contributed by atoms with van der Waals surface area (Å²) in [5.74, 6) is 0.773. The zero-order valence-electron chi connectivity index (χ0n) is 8.83. The summed E-state index contributed by atoms with van der Waals surface area (Å²) in [6.07, 6.45) is 5.53. The van der Waals surface area contributed by atoms with E-state index in [2.05, 4.69) is 29.1 Å². The Morgan fingerprint density at radius 1 is 1.43 bits per heavy atom. The van der Waals surface area contributed by atoms with Crippen LogP contribution in [0.25, 0.3) is 0 Å². The molecule has 2 unspecified atom stereocenters. The van der Waals surface area contributed by atoms with Gasteiger partial charge >= 0.3 is 0 Å². The normalized spacial score (nSPS) is 27.8. The molecule has 1 aliphatic carbocycles. The summed E-state index contributed by atoms with van der Waals surface area (Å²) in [5, 5.41) is 8.15. The molecule has 2 heteroatoms. The highest BCUT2D eigenvalue weighted by atomic mass is 32.1. The zero-order valence-corrected chi connectivity index (χ0v) is 9.65. The van der Waals surface area contributed by atoms with Crippen molar-refractivity contribution in [1.82, 2.24) is 5.32 Å². The molecule has 1 fully saturated rings. The van der Waals surface area contributed by atoms with Crippen LogP contribution < -0.4 is 5.32 Å². The van der Waals surface area contributed by atoms with Crippen LogP contribution in [0.1, 0.15) is 44.1 Å². The Labute approximate surface area is 90.5 Å². The van der Waals surface area contributed by atoms with Crippen LogP contribution in [0.5, 0.6) is 0 Å². The molecule has 0 aliphatic heterocycles. The van der Waals surface area contributed by atoms with Crippen molar-refractivity contribution in [2.75, 3.05) is 6.54 Å². The van der Waals surface area contributed by atoms with Gasteiger partial charge in [-0.3, -0.25) is 0 Å². The van der Waals surface area contributed by atoms with E-state index in [1.54, 1.807) is 5.56 Å². The molecule has 1 saturated carbocycles. The summed E-state index contributed by atoms with van der Waals surface area (Å²) >= 11 is 1.83. The molecule has 1 N–H and O–H groups in total. The van der Waals surface area contributed by atoms with E-state index in [1.165, 1.54) is 25.7 Å². The van der Waals surface area contributed by atoms with Gasteiger partial charge in [-0.1, -0.05) is 19.8 Å². The van der Waals surface area contributed by atoms with Crippen LogP contribution >= 0.6 is 11.3 Å². The van der Waals surface area contributed by atoms with Gasteiger partial charge in [-0.25, -0.2) is 0 Å². The minimum Gasteiger partial charge on any atom is -0.314 e. The minimum absolute atomic E-state index is 0.725. The molecule has 1 aromatic heterocycles. The third-order valence-electron chi connectivity index (χ3n) is 3.20. The topological polar surface area (TPSA) is 12.0 Å². The fourth-order valence-electron chi connectivity index (χ4n) is 2.52. The van der Waals surface area contributed by atoms with E-state index in [9.17, 15) is 0 Å². The van der Waals surface area contributed by atoms with Gasteiger partial charge in [-0.05, 0) is 41.8 Å². The average molecular weight is 209 g/mol. The second kappa shape index (κ2) is 4.94. The van der Waals surface area contributed by atoms with Crippen molar-refractivity contribution in [3.05, 3.63) is 22.4 Å². The molecule has 2 rings (SSSR count). The molecule has 0 spiro atoms. The molecule has 0 aromatic carbocycles. The Morgan fingerprint density at radius 2 is 2.29 bits per heavy atom. The van der Waals surface area contributed by atoms with Crippen molar-refractivity contribution >= 4 is 11.3 Å². The van der Waals surface area contributed by atoms with Crippen LogP contribution in [0.2, 0.25) is 0 Å². The SMILES string of the molecule is CCNC1CCCCC1c1ccsc1. The van der Waals surface area contributed by atoms with E-state index in [-0.39, 0.29) is 0 Å². The highest BCUT2D eigenvalue weighted by molar-refractivity contribution is 7.07. The van der Waals surface area contributed by atoms with Crippen LogP contribution in [0.4, 0.5) is 0 Å².